The average molecular weight is 263 g/mol. The van der Waals surface area contributed by atoms with Gasteiger partial charge < -0.3 is 15.1 Å². The first-order valence-electron chi connectivity index (χ1n) is 6.69. The maximum atomic E-state index is 13.5. The Kier molecular flexibility index (Phi) is 2.93. The molecule has 1 amide bonds. The second-order valence-electron chi connectivity index (χ2n) is 5.35. The van der Waals surface area contributed by atoms with E-state index in [2.05, 4.69) is 10.2 Å². The van der Waals surface area contributed by atoms with Crippen molar-refractivity contribution in [3.8, 4) is 0 Å². The second kappa shape index (κ2) is 4.49. The molecule has 3 rings (SSSR count). The zero-order valence-electron chi connectivity index (χ0n) is 11.2. The Hall–Kier alpha value is -1.62. The SMILES string of the molecule is CC(C)N1C(=O)C2CNCCN2c2ccc(F)cc21. The largest absolute Gasteiger partial charge is 0.355 e. The Morgan fingerprint density at radius 1 is 1.37 bits per heavy atom. The van der Waals surface area contributed by atoms with Crippen molar-refractivity contribution in [2.45, 2.75) is 25.9 Å². The molecule has 1 aromatic rings. The summed E-state index contributed by atoms with van der Waals surface area (Å²) in [7, 11) is 0. The smallest absolute Gasteiger partial charge is 0.251 e. The molecule has 0 spiro atoms. The third kappa shape index (κ3) is 1.89. The molecule has 1 aromatic carbocycles. The van der Waals surface area contributed by atoms with Gasteiger partial charge in [-0.25, -0.2) is 4.39 Å². The zero-order valence-corrected chi connectivity index (χ0v) is 11.2. The fraction of sp³-hybridized carbons (Fsp3) is 0.500. The molecule has 4 nitrogen and oxygen atoms in total. The Labute approximate surface area is 112 Å². The van der Waals surface area contributed by atoms with E-state index in [4.69, 9.17) is 0 Å². The third-order valence-corrected chi connectivity index (χ3v) is 3.79. The van der Waals surface area contributed by atoms with Crippen LogP contribution in [-0.4, -0.2) is 37.6 Å². The van der Waals surface area contributed by atoms with Gasteiger partial charge in [0.05, 0.1) is 11.4 Å². The number of nitrogens with one attached hydrogen (secondary N) is 1. The van der Waals surface area contributed by atoms with Crippen molar-refractivity contribution in [3.05, 3.63) is 24.0 Å². The summed E-state index contributed by atoms with van der Waals surface area (Å²) in [5.74, 6) is -0.244. The maximum absolute atomic E-state index is 13.5. The van der Waals surface area contributed by atoms with E-state index >= 15 is 0 Å². The first kappa shape index (κ1) is 12.4. The molecule has 0 saturated carbocycles. The van der Waals surface area contributed by atoms with E-state index < -0.39 is 0 Å². The molecule has 1 atom stereocenters. The van der Waals surface area contributed by atoms with Crippen molar-refractivity contribution in [1.29, 1.82) is 0 Å². The van der Waals surface area contributed by atoms with Crippen molar-refractivity contribution in [2.24, 2.45) is 0 Å². The van der Waals surface area contributed by atoms with E-state index in [1.54, 1.807) is 11.0 Å². The topological polar surface area (TPSA) is 35.6 Å². The molecule has 0 radical (unpaired) electrons. The number of anilines is 2. The van der Waals surface area contributed by atoms with Crippen molar-refractivity contribution in [1.82, 2.24) is 5.32 Å². The molecule has 2 heterocycles. The normalized spacial score (nSPS) is 22.5. The van der Waals surface area contributed by atoms with E-state index in [-0.39, 0.29) is 23.8 Å². The highest BCUT2D eigenvalue weighted by molar-refractivity contribution is 6.06. The standard InChI is InChI=1S/C14H18FN3O/c1-9(2)18-12-7-10(15)3-4-11(12)17-6-5-16-8-13(17)14(18)19/h3-4,7,9,13,16H,5-6,8H2,1-2H3. The minimum Gasteiger partial charge on any atom is -0.355 e. The molecule has 1 fully saturated rings. The summed E-state index contributed by atoms with van der Waals surface area (Å²) in [5, 5.41) is 3.25. The highest BCUT2D eigenvalue weighted by atomic mass is 19.1. The fourth-order valence-corrected chi connectivity index (χ4v) is 2.96. The number of nitrogens with zero attached hydrogens (tertiary/aromatic N) is 2. The van der Waals surface area contributed by atoms with Gasteiger partial charge in [-0.15, -0.1) is 0 Å². The van der Waals surface area contributed by atoms with Crippen LogP contribution in [0.5, 0.6) is 0 Å². The number of piperazine rings is 1. The number of carbonyl (C=O) groups is 1. The monoisotopic (exact) mass is 263 g/mol. The van der Waals surface area contributed by atoms with Crippen LogP contribution in [0.25, 0.3) is 0 Å². The van der Waals surface area contributed by atoms with Crippen molar-refractivity contribution in [3.63, 3.8) is 0 Å². The number of hydrogen-bond donors (Lipinski definition) is 1. The summed E-state index contributed by atoms with van der Waals surface area (Å²) in [6, 6.07) is 4.56. The fourth-order valence-electron chi connectivity index (χ4n) is 2.96. The molecule has 1 unspecified atom stereocenters. The maximum Gasteiger partial charge on any atom is 0.251 e. The van der Waals surface area contributed by atoms with Crippen molar-refractivity contribution < 1.29 is 9.18 Å². The van der Waals surface area contributed by atoms with Gasteiger partial charge in [0.15, 0.2) is 0 Å². The number of rotatable bonds is 1. The molecule has 5 heteroatoms. The van der Waals surface area contributed by atoms with Crippen LogP contribution in [0.15, 0.2) is 18.2 Å². The quantitative estimate of drug-likeness (QED) is 0.831. The lowest BCUT2D eigenvalue weighted by Crippen LogP contribution is -2.63. The summed E-state index contributed by atoms with van der Waals surface area (Å²) < 4.78 is 13.5. The van der Waals surface area contributed by atoms with Crippen LogP contribution in [0, 0.1) is 5.82 Å². The summed E-state index contributed by atoms with van der Waals surface area (Å²) >= 11 is 0. The van der Waals surface area contributed by atoms with Crippen LogP contribution in [0.4, 0.5) is 15.8 Å². The molecule has 1 saturated heterocycles. The molecule has 2 aliphatic heterocycles. The van der Waals surface area contributed by atoms with Gasteiger partial charge in [-0.1, -0.05) is 0 Å². The molecule has 0 bridgehead atoms. The second-order valence-corrected chi connectivity index (χ2v) is 5.35. The molecule has 102 valence electrons. The minimum atomic E-state index is -0.300. The van der Waals surface area contributed by atoms with Crippen LogP contribution >= 0.6 is 0 Å². The molecular formula is C14H18FN3O. The number of benzene rings is 1. The van der Waals surface area contributed by atoms with Crippen LogP contribution in [0.1, 0.15) is 13.8 Å². The van der Waals surface area contributed by atoms with E-state index in [0.29, 0.717) is 12.2 Å². The molecule has 19 heavy (non-hydrogen) atoms. The Morgan fingerprint density at radius 3 is 2.89 bits per heavy atom. The van der Waals surface area contributed by atoms with Crippen molar-refractivity contribution in [2.75, 3.05) is 29.4 Å². The number of hydrogen-bond acceptors (Lipinski definition) is 3. The van der Waals surface area contributed by atoms with Gasteiger partial charge in [-0.05, 0) is 32.0 Å². The van der Waals surface area contributed by atoms with Gasteiger partial charge in [0.25, 0.3) is 5.91 Å². The first-order chi connectivity index (χ1) is 9.09. The van der Waals surface area contributed by atoms with Gasteiger partial charge in [0, 0.05) is 25.7 Å². The van der Waals surface area contributed by atoms with Gasteiger partial charge in [0.1, 0.15) is 11.9 Å². The van der Waals surface area contributed by atoms with Gasteiger partial charge in [-0.3, -0.25) is 4.79 Å². The summed E-state index contributed by atoms with van der Waals surface area (Å²) in [4.78, 5) is 16.4. The van der Waals surface area contributed by atoms with Crippen LogP contribution in [0.2, 0.25) is 0 Å². The van der Waals surface area contributed by atoms with Crippen LogP contribution in [-0.2, 0) is 4.79 Å². The summed E-state index contributed by atoms with van der Waals surface area (Å²) in [6.45, 7) is 6.19. The molecule has 1 N–H and O–H groups in total. The highest BCUT2D eigenvalue weighted by Gasteiger charge is 2.40. The predicted molar refractivity (Wildman–Crippen MR) is 73.0 cm³/mol. The predicted octanol–water partition coefficient (Wildman–Crippen LogP) is 1.36. The average Bonchev–Trinajstić information content (AvgIpc) is 2.38. The molecule has 0 aromatic heterocycles. The van der Waals surface area contributed by atoms with Gasteiger partial charge in [0.2, 0.25) is 0 Å². The summed E-state index contributed by atoms with van der Waals surface area (Å²) in [5.41, 5.74) is 1.65. The van der Waals surface area contributed by atoms with E-state index in [1.807, 2.05) is 13.8 Å². The lowest BCUT2D eigenvalue weighted by molar-refractivity contribution is -0.120. The Bertz CT molecular complexity index is 517. The molecule has 0 aliphatic carbocycles. The Morgan fingerprint density at radius 2 is 2.16 bits per heavy atom. The Balaban J connectivity index is 2.14. The molecular weight excluding hydrogens is 245 g/mol. The summed E-state index contributed by atoms with van der Waals surface area (Å²) in [6.07, 6.45) is 0. The van der Waals surface area contributed by atoms with Crippen LogP contribution < -0.4 is 15.1 Å². The van der Waals surface area contributed by atoms with Crippen molar-refractivity contribution >= 4 is 17.3 Å². The lowest BCUT2D eigenvalue weighted by Gasteiger charge is -2.46. The van der Waals surface area contributed by atoms with E-state index in [9.17, 15) is 9.18 Å². The van der Waals surface area contributed by atoms with E-state index in [0.717, 1.165) is 18.8 Å². The van der Waals surface area contributed by atoms with E-state index in [1.165, 1.54) is 12.1 Å². The first-order valence-corrected chi connectivity index (χ1v) is 6.69. The molecule has 2 aliphatic rings. The number of amides is 1. The minimum absolute atomic E-state index is 0.0251. The van der Waals surface area contributed by atoms with Crippen LogP contribution in [0.3, 0.4) is 0 Å². The lowest BCUT2D eigenvalue weighted by atomic mass is 10.0. The highest BCUT2D eigenvalue weighted by Crippen LogP contribution is 2.38. The third-order valence-electron chi connectivity index (χ3n) is 3.79. The number of halogens is 1. The van der Waals surface area contributed by atoms with Gasteiger partial charge in [-0.2, -0.15) is 0 Å². The van der Waals surface area contributed by atoms with Gasteiger partial charge >= 0.3 is 0 Å². The number of fused-ring (bicyclic) bond motifs is 3. The zero-order chi connectivity index (χ0) is 13.6. The number of carbonyl (C=O) groups excluding carboxylic acids is 1.